The molecule has 0 radical (unpaired) electrons. The smallest absolute Gasteiger partial charge is 0.341 e. The Balaban J connectivity index is 1.12. The molecule has 0 saturated carbocycles. The maximum atomic E-state index is 14.7. The number of furan rings is 1. The quantitative estimate of drug-likeness (QED) is 0.303. The van der Waals surface area contributed by atoms with Gasteiger partial charge in [-0.15, -0.1) is 0 Å². The molecule has 39 heavy (non-hydrogen) atoms. The highest BCUT2D eigenvalue weighted by atomic mass is 19.1. The van der Waals surface area contributed by atoms with Crippen molar-refractivity contribution in [1.29, 1.82) is 0 Å². The van der Waals surface area contributed by atoms with Gasteiger partial charge in [-0.05, 0) is 18.2 Å². The largest absolute Gasteiger partial charge is 0.482 e. The molecule has 5 heterocycles. The minimum atomic E-state index is -1.23. The molecule has 0 spiro atoms. The van der Waals surface area contributed by atoms with Crippen molar-refractivity contribution < 1.29 is 27.8 Å². The summed E-state index contributed by atoms with van der Waals surface area (Å²) in [5.41, 5.74) is 8.71. The molecular formula is C25H24F2N8O4. The van der Waals surface area contributed by atoms with Gasteiger partial charge in [0.15, 0.2) is 29.6 Å². The number of carboxylic acids is 1. The number of hydrogen-bond acceptors (Lipinski definition) is 9. The summed E-state index contributed by atoms with van der Waals surface area (Å²) in [6.45, 7) is 2.63. The van der Waals surface area contributed by atoms with E-state index in [9.17, 15) is 13.6 Å². The Morgan fingerprint density at radius 1 is 1.13 bits per heavy atom. The fraction of sp³-hybridized carbons (Fsp3) is 0.280. The van der Waals surface area contributed by atoms with Crippen LogP contribution in [0.15, 0.2) is 47.3 Å². The van der Waals surface area contributed by atoms with Crippen LogP contribution in [0, 0.1) is 11.6 Å². The highest BCUT2D eigenvalue weighted by Crippen LogP contribution is 2.29. The third-order valence-electron chi connectivity index (χ3n) is 6.67. The van der Waals surface area contributed by atoms with Gasteiger partial charge in [-0.25, -0.2) is 18.6 Å². The number of halogens is 2. The number of nitrogens with two attached hydrogens (primary N) is 1. The molecule has 12 nitrogen and oxygen atoms in total. The molecule has 1 aliphatic rings. The van der Waals surface area contributed by atoms with Crippen LogP contribution < -0.4 is 15.4 Å². The highest BCUT2D eigenvalue weighted by Gasteiger charge is 2.24. The number of anilines is 2. The summed E-state index contributed by atoms with van der Waals surface area (Å²) in [6.07, 6.45) is 3.29. The Morgan fingerprint density at radius 2 is 1.90 bits per heavy atom. The molecule has 0 amide bonds. The molecule has 0 atom stereocenters. The van der Waals surface area contributed by atoms with Crippen molar-refractivity contribution in [2.24, 2.45) is 0 Å². The molecule has 1 saturated heterocycles. The zero-order chi connectivity index (χ0) is 27.1. The second-order valence-corrected chi connectivity index (χ2v) is 9.13. The number of aliphatic carboxylic acids is 1. The van der Waals surface area contributed by atoms with Gasteiger partial charge >= 0.3 is 5.97 Å². The van der Waals surface area contributed by atoms with Gasteiger partial charge in [-0.1, -0.05) is 0 Å². The highest BCUT2D eigenvalue weighted by molar-refractivity contribution is 5.90. The summed E-state index contributed by atoms with van der Waals surface area (Å²) in [4.78, 5) is 23.5. The van der Waals surface area contributed by atoms with Gasteiger partial charge in [0.2, 0.25) is 5.95 Å². The van der Waals surface area contributed by atoms with Crippen LogP contribution in [0.2, 0.25) is 0 Å². The normalized spacial score (nSPS) is 14.5. The number of fused-ring (bicyclic) bond motifs is 3. The van der Waals surface area contributed by atoms with Gasteiger partial charge in [-0.2, -0.15) is 14.6 Å². The predicted molar refractivity (Wildman–Crippen MR) is 137 cm³/mol. The van der Waals surface area contributed by atoms with E-state index < -0.39 is 24.2 Å². The number of nitrogen functional groups attached to an aromatic ring is 1. The number of ether oxygens (including phenoxy) is 1. The summed E-state index contributed by atoms with van der Waals surface area (Å²) < 4.78 is 43.1. The van der Waals surface area contributed by atoms with Gasteiger partial charge in [0.1, 0.15) is 28.2 Å². The van der Waals surface area contributed by atoms with Crippen molar-refractivity contribution in [3.8, 4) is 17.2 Å². The van der Waals surface area contributed by atoms with E-state index in [4.69, 9.17) is 20.0 Å². The van der Waals surface area contributed by atoms with Crippen molar-refractivity contribution >= 4 is 34.3 Å². The van der Waals surface area contributed by atoms with Crippen LogP contribution >= 0.6 is 0 Å². The van der Waals surface area contributed by atoms with Crippen molar-refractivity contribution in [2.75, 3.05) is 50.0 Å². The Kier molecular flexibility index (Phi) is 6.23. The Labute approximate surface area is 219 Å². The van der Waals surface area contributed by atoms with Crippen LogP contribution in [-0.4, -0.2) is 79.5 Å². The van der Waals surface area contributed by atoms with Crippen LogP contribution in [0.1, 0.15) is 0 Å². The number of carboxylic acid groups (broad SMARTS) is 1. The maximum Gasteiger partial charge on any atom is 0.341 e. The van der Waals surface area contributed by atoms with E-state index >= 15 is 0 Å². The van der Waals surface area contributed by atoms with Crippen LogP contribution in [0.25, 0.3) is 28.1 Å². The Bertz CT molecular complexity index is 1630. The van der Waals surface area contributed by atoms with Crippen LogP contribution in [0.5, 0.6) is 5.75 Å². The first-order valence-electron chi connectivity index (χ1n) is 12.2. The lowest BCUT2D eigenvalue weighted by atomic mass is 10.2. The van der Waals surface area contributed by atoms with Crippen LogP contribution in [0.4, 0.5) is 20.4 Å². The number of imidazole rings is 1. The number of piperazine rings is 1. The lowest BCUT2D eigenvalue weighted by Gasteiger charge is -2.36. The molecule has 1 aliphatic heterocycles. The average molecular weight is 539 g/mol. The number of carbonyl (C=O) groups is 1. The first-order chi connectivity index (χ1) is 18.9. The molecular weight excluding hydrogens is 514 g/mol. The number of nitrogens with zero attached hydrogens (tertiary/aromatic N) is 7. The standard InChI is InChI=1S/C25H24F2N8O4/c26-16-10-15(39-13-21(36)37)11-17(27)23(16)33-6-3-32(4-7-33)5-8-34-14-29-22-19-12-18(20-2-1-9-38-20)31-35(19)25(28)30-24(22)34/h1-2,9-12,14H,3-8,13H2,(H2,28,30)(H,36,37). The van der Waals surface area contributed by atoms with E-state index in [0.717, 1.165) is 17.6 Å². The summed E-state index contributed by atoms with van der Waals surface area (Å²) >= 11 is 0. The van der Waals surface area contributed by atoms with Crippen molar-refractivity contribution in [3.63, 3.8) is 0 Å². The van der Waals surface area contributed by atoms with Gasteiger partial charge in [0.25, 0.3) is 0 Å². The third-order valence-corrected chi connectivity index (χ3v) is 6.67. The Hall–Kier alpha value is -4.72. The van der Waals surface area contributed by atoms with E-state index in [1.165, 1.54) is 0 Å². The van der Waals surface area contributed by atoms with Gasteiger partial charge in [0, 0.05) is 51.4 Å². The summed E-state index contributed by atoms with van der Waals surface area (Å²) in [7, 11) is 0. The van der Waals surface area contributed by atoms with Crippen LogP contribution in [-0.2, 0) is 11.3 Å². The maximum absolute atomic E-state index is 14.7. The topological polar surface area (TPSA) is 140 Å². The van der Waals surface area contributed by atoms with Crippen molar-refractivity contribution in [2.45, 2.75) is 6.54 Å². The van der Waals surface area contributed by atoms with E-state index in [1.807, 2.05) is 16.7 Å². The first-order valence-corrected chi connectivity index (χ1v) is 12.2. The molecule has 0 aliphatic carbocycles. The summed E-state index contributed by atoms with van der Waals surface area (Å²) in [6, 6.07) is 7.47. The second kappa shape index (κ2) is 9.87. The van der Waals surface area contributed by atoms with E-state index in [0.29, 0.717) is 61.9 Å². The van der Waals surface area contributed by atoms with E-state index in [2.05, 4.69) is 20.0 Å². The first kappa shape index (κ1) is 24.6. The number of benzene rings is 1. The monoisotopic (exact) mass is 538 g/mol. The van der Waals surface area contributed by atoms with Crippen LogP contribution in [0.3, 0.4) is 0 Å². The SMILES string of the molecule is Nc1nc2c(ncn2CCN2CCN(c3c(F)cc(OCC(=O)O)cc3F)CC2)c2cc(-c3ccco3)nn12. The fourth-order valence-electron chi connectivity index (χ4n) is 4.78. The van der Waals surface area contributed by atoms with E-state index in [1.54, 1.807) is 28.1 Å². The third kappa shape index (κ3) is 4.69. The molecule has 1 aromatic carbocycles. The lowest BCUT2D eigenvalue weighted by Crippen LogP contribution is -2.47. The molecule has 5 aromatic rings. The Morgan fingerprint density at radius 3 is 2.59 bits per heavy atom. The van der Waals surface area contributed by atoms with Crippen molar-refractivity contribution in [3.05, 3.63) is 54.6 Å². The summed E-state index contributed by atoms with van der Waals surface area (Å²) in [5, 5.41) is 13.2. The minimum Gasteiger partial charge on any atom is -0.482 e. The summed E-state index contributed by atoms with van der Waals surface area (Å²) in [5.74, 6) is -2.13. The predicted octanol–water partition coefficient (Wildman–Crippen LogP) is 2.49. The van der Waals surface area contributed by atoms with Gasteiger partial charge < -0.3 is 29.5 Å². The fourth-order valence-corrected chi connectivity index (χ4v) is 4.78. The van der Waals surface area contributed by atoms with E-state index in [-0.39, 0.29) is 17.4 Å². The van der Waals surface area contributed by atoms with Gasteiger partial charge in [-0.3, -0.25) is 4.90 Å². The molecule has 1 fully saturated rings. The zero-order valence-corrected chi connectivity index (χ0v) is 20.6. The molecule has 0 bridgehead atoms. The molecule has 14 heteroatoms. The zero-order valence-electron chi connectivity index (χ0n) is 20.6. The number of aromatic nitrogens is 5. The number of rotatable bonds is 8. The van der Waals surface area contributed by atoms with Gasteiger partial charge in [0.05, 0.1) is 12.6 Å². The minimum absolute atomic E-state index is 0.142. The molecule has 3 N–H and O–H groups in total. The lowest BCUT2D eigenvalue weighted by molar-refractivity contribution is -0.139. The average Bonchev–Trinajstić information content (AvgIpc) is 3.66. The molecule has 4 aromatic heterocycles. The molecule has 0 unspecified atom stereocenters. The molecule has 202 valence electrons. The van der Waals surface area contributed by atoms with Crippen molar-refractivity contribution in [1.82, 2.24) is 29.0 Å². The number of hydrogen-bond donors (Lipinski definition) is 2. The molecule has 6 rings (SSSR count). The second-order valence-electron chi connectivity index (χ2n) is 9.13.